The molecule has 0 spiro atoms. The molecule has 0 unspecified atom stereocenters. The second-order valence-corrected chi connectivity index (χ2v) is 5.87. The molecule has 0 saturated heterocycles. The van der Waals surface area contributed by atoms with E-state index in [1.807, 2.05) is 0 Å². The molecule has 1 fully saturated rings. The van der Waals surface area contributed by atoms with E-state index >= 15 is 0 Å². The van der Waals surface area contributed by atoms with Gasteiger partial charge < -0.3 is 5.73 Å². The van der Waals surface area contributed by atoms with Gasteiger partial charge in [-0.15, -0.1) is 0 Å². The zero-order valence-electron chi connectivity index (χ0n) is 9.56. The van der Waals surface area contributed by atoms with E-state index in [1.165, 1.54) is 19.3 Å². The Balaban J connectivity index is 2.29. The predicted octanol–water partition coefficient (Wildman–Crippen LogP) is 5.23. The van der Waals surface area contributed by atoms with Crippen molar-refractivity contribution in [3.63, 3.8) is 0 Å². The molecule has 4 heteroatoms. The van der Waals surface area contributed by atoms with Crippen LogP contribution in [0.5, 0.6) is 0 Å². The van der Waals surface area contributed by atoms with Crippen LogP contribution in [0.15, 0.2) is 12.1 Å². The average molecular weight is 293 g/mol. The summed E-state index contributed by atoms with van der Waals surface area (Å²) in [6.07, 6.45) is 6.10. The summed E-state index contributed by atoms with van der Waals surface area (Å²) in [6.45, 7) is 0. The van der Waals surface area contributed by atoms with Crippen LogP contribution in [-0.4, -0.2) is 0 Å². The molecule has 1 nitrogen and oxygen atoms in total. The van der Waals surface area contributed by atoms with Crippen LogP contribution in [0.1, 0.15) is 43.7 Å². The summed E-state index contributed by atoms with van der Waals surface area (Å²) in [5, 5.41) is 1.66. The Bertz CT molecular complexity index is 400. The van der Waals surface area contributed by atoms with Gasteiger partial charge in [0, 0.05) is 16.6 Å². The fourth-order valence-electron chi connectivity index (χ4n) is 2.58. The number of hydrogen-bond acceptors (Lipinski definition) is 1. The lowest BCUT2D eigenvalue weighted by atomic mass is 9.81. The Morgan fingerprint density at radius 1 is 1.00 bits per heavy atom. The summed E-state index contributed by atoms with van der Waals surface area (Å²) in [6, 6.07) is 3.38. The van der Waals surface area contributed by atoms with Crippen LogP contribution in [0.4, 0.5) is 0 Å². The molecule has 0 bridgehead atoms. The molecule has 0 amide bonds. The topological polar surface area (TPSA) is 26.0 Å². The van der Waals surface area contributed by atoms with Gasteiger partial charge in [0.25, 0.3) is 0 Å². The van der Waals surface area contributed by atoms with Crippen LogP contribution in [0, 0.1) is 5.92 Å². The van der Waals surface area contributed by atoms with Gasteiger partial charge >= 0.3 is 0 Å². The average Bonchev–Trinajstić information content (AvgIpc) is 2.35. The second kappa shape index (κ2) is 5.79. The van der Waals surface area contributed by atoms with E-state index in [-0.39, 0.29) is 6.04 Å². The Morgan fingerprint density at radius 2 is 1.59 bits per heavy atom. The molecule has 1 aliphatic rings. The lowest BCUT2D eigenvalue weighted by Crippen LogP contribution is -2.24. The van der Waals surface area contributed by atoms with Crippen molar-refractivity contribution in [1.29, 1.82) is 0 Å². The lowest BCUT2D eigenvalue weighted by Gasteiger charge is -2.29. The third-order valence-corrected chi connectivity index (χ3v) is 4.72. The first-order valence-electron chi connectivity index (χ1n) is 6.00. The van der Waals surface area contributed by atoms with Crippen LogP contribution in [0.2, 0.25) is 15.1 Å². The maximum Gasteiger partial charge on any atom is 0.0655 e. The number of nitrogens with two attached hydrogens (primary N) is 1. The summed E-state index contributed by atoms with van der Waals surface area (Å²) in [5.74, 6) is 0.470. The quantitative estimate of drug-likeness (QED) is 0.742. The molecular formula is C13H16Cl3N. The summed E-state index contributed by atoms with van der Waals surface area (Å²) in [5.41, 5.74) is 7.13. The first-order chi connectivity index (χ1) is 8.11. The van der Waals surface area contributed by atoms with Crippen molar-refractivity contribution in [2.24, 2.45) is 11.7 Å². The normalized spacial score (nSPS) is 19.3. The smallest absolute Gasteiger partial charge is 0.0655 e. The molecule has 17 heavy (non-hydrogen) atoms. The molecule has 2 rings (SSSR count). The predicted molar refractivity (Wildman–Crippen MR) is 75.0 cm³/mol. The molecule has 1 saturated carbocycles. The van der Waals surface area contributed by atoms with Crippen LogP contribution >= 0.6 is 34.8 Å². The van der Waals surface area contributed by atoms with Crippen LogP contribution in [-0.2, 0) is 0 Å². The fraction of sp³-hybridized carbons (Fsp3) is 0.538. The van der Waals surface area contributed by atoms with Gasteiger partial charge in [0.05, 0.1) is 10.0 Å². The summed E-state index contributed by atoms with van der Waals surface area (Å²) in [4.78, 5) is 0. The highest BCUT2D eigenvalue weighted by Crippen LogP contribution is 2.41. The van der Waals surface area contributed by atoms with E-state index < -0.39 is 0 Å². The summed E-state index contributed by atoms with van der Waals surface area (Å²) >= 11 is 18.4. The van der Waals surface area contributed by atoms with Gasteiger partial charge in [-0.3, -0.25) is 0 Å². The zero-order chi connectivity index (χ0) is 12.4. The number of rotatable bonds is 2. The second-order valence-electron chi connectivity index (χ2n) is 4.68. The van der Waals surface area contributed by atoms with Gasteiger partial charge in [0.15, 0.2) is 0 Å². The first-order valence-corrected chi connectivity index (χ1v) is 7.13. The van der Waals surface area contributed by atoms with Gasteiger partial charge in [-0.05, 0) is 30.9 Å². The van der Waals surface area contributed by atoms with Gasteiger partial charge in [0.1, 0.15) is 0 Å². The van der Waals surface area contributed by atoms with Crippen molar-refractivity contribution in [3.05, 3.63) is 32.8 Å². The Hall–Kier alpha value is 0.0500. The number of halogens is 3. The minimum Gasteiger partial charge on any atom is -0.324 e. The monoisotopic (exact) mass is 291 g/mol. The van der Waals surface area contributed by atoms with Crippen molar-refractivity contribution in [2.75, 3.05) is 0 Å². The standard InChI is InChI=1S/C13H16Cl3N/c14-9-6-7-10(15)12(16)11(9)13(17)8-4-2-1-3-5-8/h6-8,13H,1-5,17H2/t13-/m1/s1. The van der Waals surface area contributed by atoms with E-state index in [0.717, 1.165) is 18.4 Å². The molecule has 0 heterocycles. The molecule has 94 valence electrons. The molecule has 0 aromatic heterocycles. The van der Waals surface area contributed by atoms with E-state index in [0.29, 0.717) is 21.0 Å². The van der Waals surface area contributed by atoms with Crippen molar-refractivity contribution in [1.82, 2.24) is 0 Å². The first kappa shape index (κ1) is 13.5. The maximum atomic E-state index is 6.31. The highest BCUT2D eigenvalue weighted by molar-refractivity contribution is 6.44. The van der Waals surface area contributed by atoms with Crippen LogP contribution in [0.25, 0.3) is 0 Å². The van der Waals surface area contributed by atoms with Gasteiger partial charge in [0.2, 0.25) is 0 Å². The molecule has 1 atom stereocenters. The molecule has 1 aliphatic carbocycles. The Labute approximate surface area is 117 Å². The fourth-order valence-corrected chi connectivity index (χ4v) is 3.36. The van der Waals surface area contributed by atoms with Crippen molar-refractivity contribution in [2.45, 2.75) is 38.1 Å². The molecular weight excluding hydrogens is 277 g/mol. The minimum absolute atomic E-state index is 0.103. The number of hydrogen-bond donors (Lipinski definition) is 1. The Kier molecular flexibility index (Phi) is 4.59. The van der Waals surface area contributed by atoms with Crippen molar-refractivity contribution >= 4 is 34.8 Å². The van der Waals surface area contributed by atoms with Crippen molar-refractivity contribution < 1.29 is 0 Å². The third kappa shape index (κ3) is 2.90. The van der Waals surface area contributed by atoms with E-state index in [9.17, 15) is 0 Å². The highest BCUT2D eigenvalue weighted by Gasteiger charge is 2.26. The third-order valence-electron chi connectivity index (χ3n) is 3.57. The van der Waals surface area contributed by atoms with Crippen molar-refractivity contribution in [3.8, 4) is 0 Å². The minimum atomic E-state index is -0.103. The SMILES string of the molecule is N[C@@H](c1c(Cl)ccc(Cl)c1Cl)C1CCCCC1. The Morgan fingerprint density at radius 3 is 2.24 bits per heavy atom. The largest absolute Gasteiger partial charge is 0.324 e. The summed E-state index contributed by atoms with van der Waals surface area (Å²) in [7, 11) is 0. The number of benzene rings is 1. The van der Waals surface area contributed by atoms with E-state index in [1.54, 1.807) is 12.1 Å². The molecule has 2 N–H and O–H groups in total. The molecule has 1 aromatic carbocycles. The van der Waals surface area contributed by atoms with E-state index in [4.69, 9.17) is 40.5 Å². The maximum absolute atomic E-state index is 6.31. The lowest BCUT2D eigenvalue weighted by molar-refractivity contribution is 0.308. The van der Waals surface area contributed by atoms with Gasteiger partial charge in [-0.1, -0.05) is 54.1 Å². The zero-order valence-corrected chi connectivity index (χ0v) is 11.8. The van der Waals surface area contributed by atoms with E-state index in [2.05, 4.69) is 0 Å². The van der Waals surface area contributed by atoms with Crippen LogP contribution < -0.4 is 5.73 Å². The van der Waals surface area contributed by atoms with Crippen LogP contribution in [0.3, 0.4) is 0 Å². The highest BCUT2D eigenvalue weighted by atomic mass is 35.5. The molecule has 1 aromatic rings. The van der Waals surface area contributed by atoms with Gasteiger partial charge in [-0.25, -0.2) is 0 Å². The summed E-state index contributed by atoms with van der Waals surface area (Å²) < 4.78 is 0. The molecule has 0 radical (unpaired) electrons. The molecule has 0 aliphatic heterocycles. The van der Waals surface area contributed by atoms with Gasteiger partial charge in [-0.2, -0.15) is 0 Å².